The van der Waals surface area contributed by atoms with Crippen LogP contribution < -0.4 is 15.4 Å². The van der Waals surface area contributed by atoms with E-state index in [1.165, 1.54) is 13.2 Å². The predicted molar refractivity (Wildman–Crippen MR) is 109 cm³/mol. The summed E-state index contributed by atoms with van der Waals surface area (Å²) in [6.07, 6.45) is 2.25. The number of hydrogen-bond donors (Lipinski definition) is 2. The van der Waals surface area contributed by atoms with Gasteiger partial charge in [0.2, 0.25) is 0 Å². The molecular weight excluding hydrogens is 371 g/mol. The van der Waals surface area contributed by atoms with Crippen LogP contribution in [-0.2, 0) is 0 Å². The number of aromatic nitrogens is 2. The molecule has 2 aromatic carbocycles. The molecule has 0 radical (unpaired) electrons. The first-order valence-corrected chi connectivity index (χ1v) is 9.61. The Morgan fingerprint density at radius 1 is 1.21 bits per heavy atom. The molecule has 2 amide bonds. The van der Waals surface area contributed by atoms with Gasteiger partial charge in [0, 0.05) is 12.0 Å². The highest BCUT2D eigenvalue weighted by atomic mass is 19.1. The molecule has 1 aromatic heterocycles. The third-order valence-corrected chi connectivity index (χ3v) is 4.99. The first-order valence-electron chi connectivity index (χ1n) is 9.61. The molecule has 29 heavy (non-hydrogen) atoms. The van der Waals surface area contributed by atoms with E-state index in [4.69, 9.17) is 4.74 Å². The monoisotopic (exact) mass is 394 g/mol. The highest BCUT2D eigenvalue weighted by Crippen LogP contribution is 2.40. The van der Waals surface area contributed by atoms with Crippen molar-refractivity contribution < 1.29 is 13.9 Å². The van der Waals surface area contributed by atoms with Crippen molar-refractivity contribution in [1.82, 2.24) is 15.1 Å². The van der Waals surface area contributed by atoms with Crippen LogP contribution >= 0.6 is 0 Å². The van der Waals surface area contributed by atoms with Gasteiger partial charge in [-0.3, -0.25) is 5.32 Å². The lowest BCUT2D eigenvalue weighted by Crippen LogP contribution is -2.32. The van der Waals surface area contributed by atoms with Crippen molar-refractivity contribution in [3.63, 3.8) is 0 Å². The lowest BCUT2D eigenvalue weighted by atomic mass is 10.1. The van der Waals surface area contributed by atoms with Crippen molar-refractivity contribution >= 4 is 11.8 Å². The maximum absolute atomic E-state index is 14.0. The number of nitrogens with zero attached hydrogens (tertiary/aromatic N) is 2. The minimum atomic E-state index is -0.463. The minimum absolute atomic E-state index is 0.171. The highest BCUT2D eigenvalue weighted by Gasteiger charge is 2.28. The van der Waals surface area contributed by atoms with Crippen LogP contribution in [0, 0.1) is 5.82 Å². The summed E-state index contributed by atoms with van der Waals surface area (Å²) in [6.45, 7) is 1.80. The zero-order chi connectivity index (χ0) is 20.4. The summed E-state index contributed by atoms with van der Waals surface area (Å²) in [5, 5.41) is 10.4. The van der Waals surface area contributed by atoms with E-state index in [0.29, 0.717) is 17.3 Å². The number of amides is 2. The number of halogens is 1. The third kappa shape index (κ3) is 4.23. The Morgan fingerprint density at radius 3 is 2.62 bits per heavy atom. The van der Waals surface area contributed by atoms with Crippen LogP contribution in [0.5, 0.6) is 5.75 Å². The normalized spacial score (nSPS) is 14.3. The van der Waals surface area contributed by atoms with Crippen molar-refractivity contribution in [3.05, 3.63) is 71.7 Å². The zero-order valence-electron chi connectivity index (χ0n) is 16.4. The van der Waals surface area contributed by atoms with Crippen molar-refractivity contribution in [2.45, 2.75) is 31.7 Å². The van der Waals surface area contributed by atoms with Gasteiger partial charge in [-0.05, 0) is 49.6 Å². The van der Waals surface area contributed by atoms with E-state index >= 15 is 0 Å². The second-order valence-corrected chi connectivity index (χ2v) is 7.19. The van der Waals surface area contributed by atoms with Crippen molar-refractivity contribution in [3.8, 4) is 11.4 Å². The number of ether oxygens (including phenoxy) is 1. The second-order valence-electron chi connectivity index (χ2n) is 7.19. The minimum Gasteiger partial charge on any atom is -0.494 e. The molecule has 1 aliphatic carbocycles. The van der Waals surface area contributed by atoms with Gasteiger partial charge >= 0.3 is 6.03 Å². The molecule has 2 N–H and O–H groups in total. The fourth-order valence-electron chi connectivity index (χ4n) is 3.22. The molecule has 0 spiro atoms. The van der Waals surface area contributed by atoms with E-state index in [0.717, 1.165) is 24.2 Å². The molecule has 1 aliphatic rings. The average molecular weight is 394 g/mol. The van der Waals surface area contributed by atoms with Gasteiger partial charge in [-0.15, -0.1) is 0 Å². The van der Waals surface area contributed by atoms with E-state index in [-0.39, 0.29) is 17.8 Å². The van der Waals surface area contributed by atoms with Crippen LogP contribution in [-0.4, -0.2) is 22.9 Å². The largest absolute Gasteiger partial charge is 0.494 e. The van der Waals surface area contributed by atoms with E-state index in [9.17, 15) is 9.18 Å². The number of urea groups is 1. The lowest BCUT2D eigenvalue weighted by molar-refractivity contribution is 0.249. The Morgan fingerprint density at radius 2 is 1.97 bits per heavy atom. The van der Waals surface area contributed by atoms with Gasteiger partial charge in [0.05, 0.1) is 24.5 Å². The smallest absolute Gasteiger partial charge is 0.320 e. The molecule has 0 saturated heterocycles. The molecule has 6 nitrogen and oxygen atoms in total. The molecule has 4 rings (SSSR count). The summed E-state index contributed by atoms with van der Waals surface area (Å²) in [4.78, 5) is 12.6. The number of carbonyl (C=O) groups is 1. The SMILES string of the molecule is COc1ccc([C@@H](C)NC(=O)Nc2cc(C3CC3)nn2-c2ccccc2)cc1F. The molecule has 150 valence electrons. The van der Waals surface area contributed by atoms with Gasteiger partial charge in [-0.25, -0.2) is 13.9 Å². The van der Waals surface area contributed by atoms with Gasteiger partial charge in [-0.1, -0.05) is 24.3 Å². The van der Waals surface area contributed by atoms with Crippen LogP contribution in [0.25, 0.3) is 5.69 Å². The Bertz CT molecular complexity index is 1010. The van der Waals surface area contributed by atoms with E-state index < -0.39 is 5.82 Å². The van der Waals surface area contributed by atoms with Gasteiger partial charge in [-0.2, -0.15) is 5.10 Å². The van der Waals surface area contributed by atoms with Crippen molar-refractivity contribution in [1.29, 1.82) is 0 Å². The molecule has 1 heterocycles. The Balaban J connectivity index is 1.50. The van der Waals surface area contributed by atoms with E-state index in [1.807, 2.05) is 36.4 Å². The Labute approximate surface area is 168 Å². The summed E-state index contributed by atoms with van der Waals surface area (Å²) >= 11 is 0. The third-order valence-electron chi connectivity index (χ3n) is 4.99. The Hall–Kier alpha value is -3.35. The summed E-state index contributed by atoms with van der Waals surface area (Å²) in [6, 6.07) is 15.5. The zero-order valence-corrected chi connectivity index (χ0v) is 16.4. The number of benzene rings is 2. The summed E-state index contributed by atoms with van der Waals surface area (Å²) in [5.41, 5.74) is 2.50. The van der Waals surface area contributed by atoms with Crippen LogP contribution in [0.15, 0.2) is 54.6 Å². The molecule has 0 unspecified atom stereocenters. The van der Waals surface area contributed by atoms with Crippen LogP contribution in [0.3, 0.4) is 0 Å². The molecule has 0 aliphatic heterocycles. The Kier molecular flexibility index (Phi) is 5.20. The number of carbonyl (C=O) groups excluding carboxylic acids is 1. The first kappa shape index (κ1) is 19.0. The summed E-state index contributed by atoms with van der Waals surface area (Å²) in [5.74, 6) is 0.772. The molecular formula is C22H23FN4O2. The molecule has 1 atom stereocenters. The number of methoxy groups -OCH3 is 1. The molecule has 7 heteroatoms. The van der Waals surface area contributed by atoms with Gasteiger partial charge in [0.25, 0.3) is 0 Å². The quantitative estimate of drug-likeness (QED) is 0.632. The predicted octanol–water partition coefficient (Wildman–Crippen LogP) is 4.78. The maximum atomic E-state index is 14.0. The van der Waals surface area contributed by atoms with E-state index in [2.05, 4.69) is 15.7 Å². The molecule has 1 fully saturated rings. The van der Waals surface area contributed by atoms with Gasteiger partial charge in [0.1, 0.15) is 5.82 Å². The van der Waals surface area contributed by atoms with Crippen LogP contribution in [0.1, 0.15) is 43.0 Å². The number of nitrogens with one attached hydrogen (secondary N) is 2. The van der Waals surface area contributed by atoms with Gasteiger partial charge in [0.15, 0.2) is 11.6 Å². The maximum Gasteiger partial charge on any atom is 0.320 e. The lowest BCUT2D eigenvalue weighted by Gasteiger charge is -2.16. The van der Waals surface area contributed by atoms with Crippen LogP contribution in [0.4, 0.5) is 15.0 Å². The summed E-state index contributed by atoms with van der Waals surface area (Å²) < 4.78 is 20.6. The molecule has 0 bridgehead atoms. The van der Waals surface area contributed by atoms with E-state index in [1.54, 1.807) is 23.7 Å². The highest BCUT2D eigenvalue weighted by molar-refractivity contribution is 5.89. The average Bonchev–Trinajstić information content (AvgIpc) is 3.49. The number of hydrogen-bond acceptors (Lipinski definition) is 3. The molecule has 3 aromatic rings. The van der Waals surface area contributed by atoms with Crippen molar-refractivity contribution in [2.24, 2.45) is 0 Å². The summed E-state index contributed by atoms with van der Waals surface area (Å²) in [7, 11) is 1.42. The number of para-hydroxylation sites is 1. The standard InChI is InChI=1S/C22H23FN4O2/c1-14(16-10-11-20(29-2)18(23)12-16)24-22(28)25-21-13-19(15-8-9-15)26-27(21)17-6-4-3-5-7-17/h3-7,10-15H,8-9H2,1-2H3,(H2,24,25,28)/t14-/m1/s1. The fraction of sp³-hybridized carbons (Fsp3) is 0.273. The van der Waals surface area contributed by atoms with Crippen LogP contribution in [0.2, 0.25) is 0 Å². The topological polar surface area (TPSA) is 68.2 Å². The second kappa shape index (κ2) is 7.95. The number of anilines is 1. The number of rotatable bonds is 6. The first-order chi connectivity index (χ1) is 14.0. The fourth-order valence-corrected chi connectivity index (χ4v) is 3.22. The molecule has 1 saturated carbocycles. The van der Waals surface area contributed by atoms with Gasteiger partial charge < -0.3 is 10.1 Å². The van der Waals surface area contributed by atoms with Crippen molar-refractivity contribution in [2.75, 3.05) is 12.4 Å².